The summed E-state index contributed by atoms with van der Waals surface area (Å²) < 4.78 is 5.54. The average Bonchev–Trinajstić information content (AvgIpc) is 3.24. The molecule has 1 aromatic heterocycles. The van der Waals surface area contributed by atoms with Gasteiger partial charge in [0.1, 0.15) is 6.04 Å². The summed E-state index contributed by atoms with van der Waals surface area (Å²) in [5, 5.41) is 10.4. The summed E-state index contributed by atoms with van der Waals surface area (Å²) >= 11 is 6.00. The van der Waals surface area contributed by atoms with E-state index in [9.17, 15) is 4.79 Å². The van der Waals surface area contributed by atoms with Gasteiger partial charge in [0.2, 0.25) is 11.7 Å². The van der Waals surface area contributed by atoms with Crippen molar-refractivity contribution in [1.29, 1.82) is 0 Å². The molecule has 2 amide bonds. The van der Waals surface area contributed by atoms with E-state index in [1.165, 1.54) is 0 Å². The van der Waals surface area contributed by atoms with E-state index in [4.69, 9.17) is 16.1 Å². The van der Waals surface area contributed by atoms with Crippen LogP contribution in [-0.4, -0.2) is 16.2 Å². The summed E-state index contributed by atoms with van der Waals surface area (Å²) in [6, 6.07) is 23.7. The Morgan fingerprint density at radius 1 is 1.03 bits per heavy atom. The molecule has 156 valence electrons. The van der Waals surface area contributed by atoms with E-state index >= 15 is 0 Å². The Labute approximate surface area is 185 Å². The van der Waals surface area contributed by atoms with Gasteiger partial charge in [0.15, 0.2) is 0 Å². The Balaban J connectivity index is 1.56. The predicted molar refractivity (Wildman–Crippen MR) is 121 cm³/mol. The van der Waals surface area contributed by atoms with Gasteiger partial charge in [-0.25, -0.2) is 4.79 Å². The number of rotatable bonds is 6. The van der Waals surface area contributed by atoms with Crippen molar-refractivity contribution in [3.05, 3.63) is 101 Å². The van der Waals surface area contributed by atoms with Crippen LogP contribution in [0.15, 0.2) is 83.4 Å². The zero-order chi connectivity index (χ0) is 21.6. The maximum Gasteiger partial charge on any atom is 0.319 e. The van der Waals surface area contributed by atoms with E-state index in [1.54, 1.807) is 24.3 Å². The largest absolute Gasteiger partial charge is 0.337 e. The highest BCUT2D eigenvalue weighted by atomic mass is 35.5. The molecule has 0 saturated carbocycles. The Bertz CT molecular complexity index is 1180. The quantitative estimate of drug-likeness (QED) is 0.403. The Morgan fingerprint density at radius 3 is 2.61 bits per heavy atom. The third-order valence-corrected chi connectivity index (χ3v) is 4.92. The normalized spacial score (nSPS) is 11.7. The summed E-state index contributed by atoms with van der Waals surface area (Å²) in [4.78, 5) is 17.2. The van der Waals surface area contributed by atoms with E-state index in [0.29, 0.717) is 28.8 Å². The Kier molecular flexibility index (Phi) is 6.29. The molecule has 0 bridgehead atoms. The molecule has 2 N–H and O–H groups in total. The number of anilines is 1. The average molecular weight is 433 g/mol. The molecule has 0 aliphatic rings. The number of amides is 2. The van der Waals surface area contributed by atoms with Gasteiger partial charge in [0.05, 0.1) is 0 Å². The first-order valence-corrected chi connectivity index (χ1v) is 10.2. The van der Waals surface area contributed by atoms with Crippen LogP contribution in [0.3, 0.4) is 0 Å². The number of nitrogens with zero attached hydrogens (tertiary/aromatic N) is 2. The molecular weight excluding hydrogens is 412 g/mol. The van der Waals surface area contributed by atoms with Crippen LogP contribution in [0.5, 0.6) is 0 Å². The molecule has 4 aromatic rings. The zero-order valence-electron chi connectivity index (χ0n) is 16.9. The first kappa shape index (κ1) is 20.6. The first-order valence-electron chi connectivity index (χ1n) is 9.84. The molecular formula is C24H21ClN4O2. The zero-order valence-corrected chi connectivity index (χ0v) is 17.6. The van der Waals surface area contributed by atoms with Crippen LogP contribution in [0.25, 0.3) is 11.4 Å². The minimum Gasteiger partial charge on any atom is -0.337 e. The second-order valence-electron chi connectivity index (χ2n) is 7.18. The molecule has 6 nitrogen and oxygen atoms in total. The van der Waals surface area contributed by atoms with E-state index in [1.807, 2.05) is 61.5 Å². The van der Waals surface area contributed by atoms with E-state index in [2.05, 4.69) is 20.8 Å². The van der Waals surface area contributed by atoms with E-state index in [-0.39, 0.29) is 0 Å². The molecule has 0 aliphatic carbocycles. The minimum atomic E-state index is -0.507. The number of aromatic nitrogens is 2. The molecule has 0 spiro atoms. The fourth-order valence-corrected chi connectivity index (χ4v) is 3.41. The van der Waals surface area contributed by atoms with E-state index in [0.717, 1.165) is 16.7 Å². The van der Waals surface area contributed by atoms with Gasteiger partial charge < -0.3 is 15.2 Å². The van der Waals surface area contributed by atoms with Crippen LogP contribution < -0.4 is 10.6 Å². The number of carbonyl (C=O) groups is 1. The molecule has 0 fully saturated rings. The van der Waals surface area contributed by atoms with Crippen molar-refractivity contribution in [2.75, 3.05) is 5.32 Å². The molecule has 1 unspecified atom stereocenters. The summed E-state index contributed by atoms with van der Waals surface area (Å²) in [7, 11) is 0. The molecule has 0 radical (unpaired) electrons. The van der Waals surface area contributed by atoms with Crippen LogP contribution in [0, 0.1) is 6.92 Å². The van der Waals surface area contributed by atoms with Crippen molar-refractivity contribution in [2.45, 2.75) is 19.4 Å². The van der Waals surface area contributed by atoms with Crippen molar-refractivity contribution in [3.63, 3.8) is 0 Å². The van der Waals surface area contributed by atoms with Gasteiger partial charge in [0, 0.05) is 22.7 Å². The van der Waals surface area contributed by atoms with Gasteiger partial charge in [-0.3, -0.25) is 0 Å². The smallest absolute Gasteiger partial charge is 0.319 e. The second-order valence-corrected chi connectivity index (χ2v) is 7.61. The van der Waals surface area contributed by atoms with Gasteiger partial charge >= 0.3 is 6.03 Å². The van der Waals surface area contributed by atoms with Crippen molar-refractivity contribution >= 4 is 23.3 Å². The number of nitrogens with one attached hydrogen (secondary N) is 2. The number of hydrogen-bond donors (Lipinski definition) is 2. The molecule has 31 heavy (non-hydrogen) atoms. The highest BCUT2D eigenvalue weighted by Gasteiger charge is 2.22. The molecule has 1 atom stereocenters. The fraction of sp³-hybridized carbons (Fsp3) is 0.125. The number of hydrogen-bond acceptors (Lipinski definition) is 4. The number of aryl methyl sites for hydroxylation is 1. The lowest BCUT2D eigenvalue weighted by Gasteiger charge is -2.16. The number of halogens is 1. The SMILES string of the molecule is Cc1cccc(-c2noc(C(Cc3ccccc3)NC(=O)Nc3cccc(Cl)c3)n2)c1. The standard InChI is InChI=1S/C24H21ClN4O2/c1-16-7-5-10-18(13-16)22-28-23(31-29-22)21(14-17-8-3-2-4-9-17)27-24(30)26-20-12-6-11-19(25)15-20/h2-13,15,21H,14H2,1H3,(H2,26,27,30). The first-order chi connectivity index (χ1) is 15.1. The Hall–Kier alpha value is -3.64. The minimum absolute atomic E-state index is 0.335. The van der Waals surface area contributed by atoms with Crippen molar-refractivity contribution in [2.24, 2.45) is 0 Å². The topological polar surface area (TPSA) is 80.0 Å². The fourth-order valence-electron chi connectivity index (χ4n) is 3.22. The van der Waals surface area contributed by atoms with Crippen LogP contribution in [0.2, 0.25) is 5.02 Å². The number of urea groups is 1. The summed E-state index contributed by atoms with van der Waals surface area (Å²) in [6.07, 6.45) is 0.499. The number of carbonyl (C=O) groups excluding carboxylic acids is 1. The summed E-state index contributed by atoms with van der Waals surface area (Å²) in [5.74, 6) is 0.815. The van der Waals surface area contributed by atoms with Gasteiger partial charge in [-0.2, -0.15) is 4.98 Å². The monoisotopic (exact) mass is 432 g/mol. The van der Waals surface area contributed by atoms with Crippen LogP contribution in [-0.2, 0) is 6.42 Å². The number of benzene rings is 3. The lowest BCUT2D eigenvalue weighted by atomic mass is 10.1. The van der Waals surface area contributed by atoms with Crippen molar-refractivity contribution in [1.82, 2.24) is 15.5 Å². The van der Waals surface area contributed by atoms with Crippen LogP contribution in [0.4, 0.5) is 10.5 Å². The van der Waals surface area contributed by atoms with E-state index < -0.39 is 12.1 Å². The molecule has 4 rings (SSSR count). The Morgan fingerprint density at radius 2 is 1.84 bits per heavy atom. The molecule has 1 heterocycles. The lowest BCUT2D eigenvalue weighted by Crippen LogP contribution is -2.34. The lowest BCUT2D eigenvalue weighted by molar-refractivity contribution is 0.243. The highest BCUT2D eigenvalue weighted by molar-refractivity contribution is 6.30. The third kappa shape index (κ3) is 5.49. The molecule has 0 saturated heterocycles. The highest BCUT2D eigenvalue weighted by Crippen LogP contribution is 2.23. The van der Waals surface area contributed by atoms with Crippen molar-refractivity contribution < 1.29 is 9.32 Å². The maximum atomic E-state index is 12.7. The summed E-state index contributed by atoms with van der Waals surface area (Å²) in [6.45, 7) is 2.00. The maximum absolute atomic E-state index is 12.7. The van der Waals surface area contributed by atoms with Crippen LogP contribution in [0.1, 0.15) is 23.1 Å². The second kappa shape index (κ2) is 9.45. The van der Waals surface area contributed by atoms with Gasteiger partial charge in [-0.1, -0.05) is 76.9 Å². The van der Waals surface area contributed by atoms with Gasteiger partial charge in [0.25, 0.3) is 0 Å². The van der Waals surface area contributed by atoms with Gasteiger partial charge in [-0.05, 0) is 36.8 Å². The van der Waals surface area contributed by atoms with Gasteiger partial charge in [-0.15, -0.1) is 0 Å². The predicted octanol–water partition coefficient (Wildman–Crippen LogP) is 5.80. The molecule has 7 heteroatoms. The van der Waals surface area contributed by atoms with Crippen molar-refractivity contribution in [3.8, 4) is 11.4 Å². The molecule has 0 aliphatic heterocycles. The van der Waals surface area contributed by atoms with Crippen LogP contribution >= 0.6 is 11.6 Å². The third-order valence-electron chi connectivity index (χ3n) is 4.69. The summed E-state index contributed by atoms with van der Waals surface area (Å²) in [5.41, 5.74) is 3.58. The molecule has 3 aromatic carbocycles.